The number of piperazine rings is 1. The van der Waals surface area contributed by atoms with Crippen molar-refractivity contribution in [3.63, 3.8) is 0 Å². The van der Waals surface area contributed by atoms with Crippen LogP contribution in [0.4, 0.5) is 0 Å². The Morgan fingerprint density at radius 3 is 2.83 bits per heavy atom. The number of rotatable bonds is 3. The van der Waals surface area contributed by atoms with Crippen LogP contribution in [0.25, 0.3) is 5.65 Å². The molecule has 2 aliphatic heterocycles. The quantitative estimate of drug-likeness (QED) is 0.911. The monoisotopic (exact) mass is 347 g/mol. The Morgan fingerprint density at radius 1 is 1.25 bits per heavy atom. The molecule has 1 amide bonds. The highest BCUT2D eigenvalue weighted by Gasteiger charge is 2.29. The molecule has 2 aromatic heterocycles. The zero-order valence-corrected chi connectivity index (χ0v) is 14.4. The number of halogens is 1. The van der Waals surface area contributed by atoms with Gasteiger partial charge in [-0.25, -0.2) is 4.98 Å². The molecule has 7 heteroatoms. The summed E-state index contributed by atoms with van der Waals surface area (Å²) in [6, 6.07) is 3.83. The van der Waals surface area contributed by atoms with Crippen LogP contribution in [-0.2, 0) is 11.3 Å². The minimum Gasteiger partial charge on any atom is -0.339 e. The van der Waals surface area contributed by atoms with Gasteiger partial charge in [0, 0.05) is 45.1 Å². The van der Waals surface area contributed by atoms with E-state index in [0.29, 0.717) is 5.02 Å². The van der Waals surface area contributed by atoms with Crippen LogP contribution < -0.4 is 5.32 Å². The van der Waals surface area contributed by atoms with E-state index in [1.54, 1.807) is 0 Å². The van der Waals surface area contributed by atoms with Crippen LogP contribution in [0, 0.1) is 0 Å². The van der Waals surface area contributed by atoms with Gasteiger partial charge in [0.2, 0.25) is 5.91 Å². The Morgan fingerprint density at radius 2 is 2.08 bits per heavy atom. The smallest absolute Gasteiger partial charge is 0.239 e. The maximum atomic E-state index is 12.4. The lowest BCUT2D eigenvalue weighted by atomic mass is 10.2. The highest BCUT2D eigenvalue weighted by atomic mass is 35.5. The average Bonchev–Trinajstić information content (AvgIpc) is 3.23. The number of fused-ring (bicyclic) bond motifs is 1. The topological polar surface area (TPSA) is 52.9 Å². The molecule has 0 radical (unpaired) electrons. The van der Waals surface area contributed by atoms with Gasteiger partial charge in [0.25, 0.3) is 0 Å². The molecule has 4 rings (SSSR count). The van der Waals surface area contributed by atoms with E-state index >= 15 is 0 Å². The Kier molecular flexibility index (Phi) is 4.43. The van der Waals surface area contributed by atoms with Gasteiger partial charge in [0.05, 0.1) is 16.8 Å². The Bertz CT molecular complexity index is 732. The lowest BCUT2D eigenvalue weighted by Gasteiger charge is -2.35. The Hall–Kier alpha value is -1.63. The van der Waals surface area contributed by atoms with Gasteiger partial charge in [-0.3, -0.25) is 9.69 Å². The molecule has 24 heavy (non-hydrogen) atoms. The lowest BCUT2D eigenvalue weighted by molar-refractivity contribution is -0.134. The van der Waals surface area contributed by atoms with Crippen LogP contribution in [0.5, 0.6) is 0 Å². The van der Waals surface area contributed by atoms with Crippen LogP contribution in [0.2, 0.25) is 5.02 Å². The fourth-order valence-corrected chi connectivity index (χ4v) is 3.73. The average molecular weight is 348 g/mol. The lowest BCUT2D eigenvalue weighted by Crippen LogP contribution is -2.52. The van der Waals surface area contributed by atoms with E-state index in [-0.39, 0.29) is 11.9 Å². The fourth-order valence-electron chi connectivity index (χ4n) is 3.56. The first-order valence-electron chi connectivity index (χ1n) is 8.57. The zero-order chi connectivity index (χ0) is 16.5. The summed E-state index contributed by atoms with van der Waals surface area (Å²) in [5.41, 5.74) is 1.95. The van der Waals surface area contributed by atoms with E-state index in [1.165, 1.54) is 0 Å². The number of aromatic nitrogens is 2. The third kappa shape index (κ3) is 3.27. The number of amides is 1. The molecule has 0 saturated carbocycles. The Balaban J connectivity index is 1.34. The number of carbonyl (C=O) groups excluding carboxylic acids is 1. The minimum atomic E-state index is 0.0414. The molecular weight excluding hydrogens is 326 g/mol. The Labute approximate surface area is 146 Å². The third-order valence-corrected chi connectivity index (χ3v) is 5.12. The number of imidazole rings is 1. The number of hydrogen-bond acceptors (Lipinski definition) is 4. The van der Waals surface area contributed by atoms with Gasteiger partial charge in [0.15, 0.2) is 0 Å². The van der Waals surface area contributed by atoms with E-state index in [4.69, 9.17) is 11.6 Å². The molecule has 0 spiro atoms. The van der Waals surface area contributed by atoms with E-state index in [9.17, 15) is 4.79 Å². The van der Waals surface area contributed by atoms with Gasteiger partial charge in [-0.15, -0.1) is 0 Å². The first-order chi connectivity index (χ1) is 11.7. The van der Waals surface area contributed by atoms with Crippen molar-refractivity contribution in [2.75, 3.05) is 32.7 Å². The molecule has 1 N–H and O–H groups in total. The molecule has 6 nitrogen and oxygen atoms in total. The molecule has 1 atom stereocenters. The number of carbonyl (C=O) groups is 1. The van der Waals surface area contributed by atoms with Crippen LogP contribution in [-0.4, -0.2) is 63.9 Å². The summed E-state index contributed by atoms with van der Waals surface area (Å²) in [6.07, 6.45) is 5.98. The van der Waals surface area contributed by atoms with Gasteiger partial charge < -0.3 is 14.6 Å². The highest BCUT2D eigenvalue weighted by molar-refractivity contribution is 6.30. The summed E-state index contributed by atoms with van der Waals surface area (Å²) < 4.78 is 1.96. The van der Waals surface area contributed by atoms with Crippen LogP contribution in [0.3, 0.4) is 0 Å². The molecule has 1 unspecified atom stereocenters. The summed E-state index contributed by atoms with van der Waals surface area (Å²) in [5.74, 6) is 0.273. The molecule has 4 heterocycles. The van der Waals surface area contributed by atoms with Crippen molar-refractivity contribution < 1.29 is 4.79 Å². The first-order valence-corrected chi connectivity index (χ1v) is 8.94. The van der Waals surface area contributed by atoms with Crippen molar-refractivity contribution in [3.8, 4) is 0 Å². The number of hydrogen-bond donors (Lipinski definition) is 1. The van der Waals surface area contributed by atoms with Crippen molar-refractivity contribution in [1.82, 2.24) is 24.5 Å². The van der Waals surface area contributed by atoms with E-state index < -0.39 is 0 Å². The molecular formula is C17H22ClN5O. The van der Waals surface area contributed by atoms with E-state index in [1.807, 2.05) is 33.8 Å². The van der Waals surface area contributed by atoms with Crippen LogP contribution >= 0.6 is 11.6 Å². The molecule has 2 aromatic rings. The minimum absolute atomic E-state index is 0.0414. The second-order valence-electron chi connectivity index (χ2n) is 6.60. The summed E-state index contributed by atoms with van der Waals surface area (Å²) >= 11 is 6.02. The van der Waals surface area contributed by atoms with Gasteiger partial charge in [-0.2, -0.15) is 0 Å². The van der Waals surface area contributed by atoms with Crippen LogP contribution in [0.15, 0.2) is 24.5 Å². The molecule has 2 fully saturated rings. The normalized spacial score (nSPS) is 22.4. The highest BCUT2D eigenvalue weighted by Crippen LogP contribution is 2.15. The van der Waals surface area contributed by atoms with E-state index in [2.05, 4.69) is 15.2 Å². The zero-order valence-electron chi connectivity index (χ0n) is 13.6. The largest absolute Gasteiger partial charge is 0.339 e. The third-order valence-electron chi connectivity index (χ3n) is 4.89. The standard InChI is InChI=1S/C17H22ClN5O/c18-13-3-4-16-20-14(12-23(16)10-13)11-21-6-8-22(9-7-21)17(24)15-2-1-5-19-15/h3-4,10,12,15,19H,1-2,5-9,11H2. The molecule has 0 aliphatic carbocycles. The number of nitrogens with zero attached hydrogens (tertiary/aromatic N) is 4. The van der Waals surface area contributed by atoms with Crippen molar-refractivity contribution >= 4 is 23.2 Å². The molecule has 0 aromatic carbocycles. The van der Waals surface area contributed by atoms with E-state index in [0.717, 1.165) is 63.5 Å². The van der Waals surface area contributed by atoms with Crippen molar-refractivity contribution in [2.24, 2.45) is 0 Å². The number of nitrogens with one attached hydrogen (secondary N) is 1. The number of pyridine rings is 1. The van der Waals surface area contributed by atoms with Crippen molar-refractivity contribution in [2.45, 2.75) is 25.4 Å². The molecule has 128 valence electrons. The summed E-state index contributed by atoms with van der Waals surface area (Å²) in [5, 5.41) is 4.00. The summed E-state index contributed by atoms with van der Waals surface area (Å²) in [7, 11) is 0. The van der Waals surface area contributed by atoms with Gasteiger partial charge in [0.1, 0.15) is 5.65 Å². The van der Waals surface area contributed by atoms with Gasteiger partial charge >= 0.3 is 0 Å². The van der Waals surface area contributed by atoms with Crippen LogP contribution in [0.1, 0.15) is 18.5 Å². The predicted molar refractivity (Wildman–Crippen MR) is 93.1 cm³/mol. The second kappa shape index (κ2) is 6.70. The SMILES string of the molecule is O=C(C1CCCN1)N1CCN(Cc2cn3cc(Cl)ccc3n2)CC1. The van der Waals surface area contributed by atoms with Crippen molar-refractivity contribution in [1.29, 1.82) is 0 Å². The molecule has 0 bridgehead atoms. The fraction of sp³-hybridized carbons (Fsp3) is 0.529. The predicted octanol–water partition coefficient (Wildman–Crippen LogP) is 1.38. The maximum absolute atomic E-state index is 12.4. The maximum Gasteiger partial charge on any atom is 0.239 e. The van der Waals surface area contributed by atoms with Gasteiger partial charge in [-0.1, -0.05) is 11.6 Å². The first kappa shape index (κ1) is 15.9. The summed E-state index contributed by atoms with van der Waals surface area (Å²) in [4.78, 5) is 21.4. The molecule has 2 aliphatic rings. The molecule has 2 saturated heterocycles. The second-order valence-corrected chi connectivity index (χ2v) is 7.03. The van der Waals surface area contributed by atoms with Gasteiger partial charge in [-0.05, 0) is 31.5 Å². The summed E-state index contributed by atoms with van der Waals surface area (Å²) in [6.45, 7) is 5.17. The van der Waals surface area contributed by atoms with Crippen molar-refractivity contribution in [3.05, 3.63) is 35.2 Å².